The van der Waals surface area contributed by atoms with E-state index in [1.165, 1.54) is 47.5 Å². The topological polar surface area (TPSA) is 92.3 Å². The molecule has 0 aliphatic rings. The van der Waals surface area contributed by atoms with Gasteiger partial charge in [-0.05, 0) is 42.8 Å². The number of ether oxygens (including phenoxy) is 5. The van der Waals surface area contributed by atoms with E-state index < -0.39 is 18.0 Å². The average Bonchev–Trinajstić information content (AvgIpc) is 2.76. The van der Waals surface area contributed by atoms with Crippen molar-refractivity contribution in [2.45, 2.75) is 13.0 Å². The molecule has 2 aromatic carbocycles. The molecule has 30 heavy (non-hydrogen) atoms. The van der Waals surface area contributed by atoms with Gasteiger partial charge in [0.2, 0.25) is 5.75 Å². The van der Waals surface area contributed by atoms with Gasteiger partial charge in [0, 0.05) is 6.08 Å². The summed E-state index contributed by atoms with van der Waals surface area (Å²) in [5, 5.41) is 2.67. The number of carbonyl (C=O) groups excluding carboxylic acids is 2. The predicted molar refractivity (Wildman–Crippen MR) is 112 cm³/mol. The zero-order valence-corrected chi connectivity index (χ0v) is 17.6. The maximum atomic E-state index is 12.3. The number of anilines is 1. The maximum Gasteiger partial charge on any atom is 0.331 e. The Morgan fingerprint density at radius 3 is 2.07 bits per heavy atom. The van der Waals surface area contributed by atoms with Gasteiger partial charge in [0.05, 0.1) is 34.1 Å². The highest BCUT2D eigenvalue weighted by Crippen LogP contribution is 2.38. The Morgan fingerprint density at radius 2 is 1.50 bits per heavy atom. The lowest BCUT2D eigenvalue weighted by Crippen LogP contribution is -2.29. The van der Waals surface area contributed by atoms with E-state index in [-0.39, 0.29) is 0 Å². The fourth-order valence-corrected chi connectivity index (χ4v) is 2.61. The SMILES string of the molecule is COc1ccccc1NC(=O)C(C)OC(=O)C=Cc1cc(OC)c(OC)c(OC)c1. The minimum atomic E-state index is -1.01. The van der Waals surface area contributed by atoms with E-state index in [4.69, 9.17) is 23.7 Å². The van der Waals surface area contributed by atoms with Crippen LogP contribution in [-0.4, -0.2) is 46.4 Å². The lowest BCUT2D eigenvalue weighted by atomic mass is 10.1. The van der Waals surface area contributed by atoms with E-state index in [2.05, 4.69) is 5.32 Å². The third-order valence-electron chi connectivity index (χ3n) is 4.13. The number of benzene rings is 2. The Bertz CT molecular complexity index is 898. The van der Waals surface area contributed by atoms with E-state index in [9.17, 15) is 9.59 Å². The van der Waals surface area contributed by atoms with Crippen LogP contribution in [0.25, 0.3) is 6.08 Å². The monoisotopic (exact) mass is 415 g/mol. The van der Waals surface area contributed by atoms with Gasteiger partial charge in [-0.2, -0.15) is 0 Å². The quantitative estimate of drug-likeness (QED) is 0.496. The molecule has 0 fully saturated rings. The molecule has 8 heteroatoms. The van der Waals surface area contributed by atoms with Gasteiger partial charge >= 0.3 is 5.97 Å². The standard InChI is InChI=1S/C22H25NO7/c1-14(22(25)23-16-8-6-7-9-17(16)26-2)30-20(24)11-10-15-12-18(27-3)21(29-5)19(13-15)28-4/h6-14H,1-5H3,(H,23,25). The normalized spacial score (nSPS) is 11.5. The number of amides is 1. The highest BCUT2D eigenvalue weighted by molar-refractivity contribution is 5.97. The third-order valence-corrected chi connectivity index (χ3v) is 4.13. The van der Waals surface area contributed by atoms with Crippen molar-refractivity contribution in [1.82, 2.24) is 0 Å². The van der Waals surface area contributed by atoms with Crippen molar-refractivity contribution in [2.75, 3.05) is 33.8 Å². The molecular weight excluding hydrogens is 390 g/mol. The second-order valence-electron chi connectivity index (χ2n) is 6.06. The highest BCUT2D eigenvalue weighted by Gasteiger charge is 2.18. The van der Waals surface area contributed by atoms with Crippen LogP contribution in [0.5, 0.6) is 23.0 Å². The summed E-state index contributed by atoms with van der Waals surface area (Å²) >= 11 is 0. The molecule has 1 amide bonds. The number of rotatable bonds is 9. The summed E-state index contributed by atoms with van der Waals surface area (Å²) in [6.45, 7) is 1.48. The number of carbonyl (C=O) groups is 2. The van der Waals surface area contributed by atoms with Gasteiger partial charge in [-0.1, -0.05) is 12.1 Å². The number of para-hydroxylation sites is 2. The summed E-state index contributed by atoms with van der Waals surface area (Å²) in [5.41, 5.74) is 1.12. The van der Waals surface area contributed by atoms with Gasteiger partial charge in [0.25, 0.3) is 5.91 Å². The fraction of sp³-hybridized carbons (Fsp3) is 0.273. The van der Waals surface area contributed by atoms with Crippen molar-refractivity contribution in [3.63, 3.8) is 0 Å². The van der Waals surface area contributed by atoms with E-state index in [0.29, 0.717) is 34.2 Å². The molecule has 2 rings (SSSR count). The number of nitrogens with one attached hydrogen (secondary N) is 1. The van der Waals surface area contributed by atoms with Crippen molar-refractivity contribution in [2.24, 2.45) is 0 Å². The van der Waals surface area contributed by atoms with Crippen LogP contribution in [0.15, 0.2) is 42.5 Å². The molecule has 0 saturated carbocycles. The molecule has 0 aliphatic carbocycles. The second kappa shape index (κ2) is 10.8. The van der Waals surface area contributed by atoms with E-state index in [1.807, 2.05) is 0 Å². The molecule has 0 aromatic heterocycles. The van der Waals surface area contributed by atoms with Gasteiger partial charge in [0.15, 0.2) is 17.6 Å². The number of methoxy groups -OCH3 is 4. The summed E-state index contributed by atoms with van der Waals surface area (Å²) < 4.78 is 26.2. The van der Waals surface area contributed by atoms with Crippen LogP contribution in [0, 0.1) is 0 Å². The summed E-state index contributed by atoms with van der Waals surface area (Å²) in [6, 6.07) is 10.3. The Hall–Kier alpha value is -3.68. The molecule has 1 unspecified atom stereocenters. The lowest BCUT2D eigenvalue weighted by molar-refractivity contribution is -0.148. The van der Waals surface area contributed by atoms with Crippen LogP contribution in [0.2, 0.25) is 0 Å². The van der Waals surface area contributed by atoms with E-state index >= 15 is 0 Å². The summed E-state index contributed by atoms with van der Waals surface area (Å²) in [7, 11) is 6.01. The van der Waals surface area contributed by atoms with Gasteiger partial charge < -0.3 is 29.0 Å². The Kier molecular flexibility index (Phi) is 8.10. The largest absolute Gasteiger partial charge is 0.495 e. The Morgan fingerprint density at radius 1 is 0.900 bits per heavy atom. The van der Waals surface area contributed by atoms with Crippen molar-refractivity contribution in [3.05, 3.63) is 48.0 Å². The molecule has 1 N–H and O–H groups in total. The average molecular weight is 415 g/mol. The van der Waals surface area contributed by atoms with E-state index in [0.717, 1.165) is 0 Å². The molecule has 0 spiro atoms. The summed E-state index contributed by atoms with van der Waals surface area (Å²) in [5.74, 6) is 0.706. The van der Waals surface area contributed by atoms with Gasteiger partial charge in [-0.25, -0.2) is 4.79 Å². The molecule has 0 radical (unpaired) electrons. The Labute approximate surface area is 175 Å². The molecule has 2 aromatic rings. The highest BCUT2D eigenvalue weighted by atomic mass is 16.5. The molecule has 0 saturated heterocycles. The molecule has 160 valence electrons. The third kappa shape index (κ3) is 5.66. The number of hydrogen-bond acceptors (Lipinski definition) is 7. The first-order chi connectivity index (χ1) is 14.4. The van der Waals surface area contributed by atoms with Crippen LogP contribution in [0.3, 0.4) is 0 Å². The van der Waals surface area contributed by atoms with Crippen molar-refractivity contribution >= 4 is 23.6 Å². The molecule has 0 heterocycles. The second-order valence-corrected chi connectivity index (χ2v) is 6.06. The van der Waals surface area contributed by atoms with Crippen LogP contribution >= 0.6 is 0 Å². The maximum absolute atomic E-state index is 12.3. The van der Waals surface area contributed by atoms with Gasteiger partial charge in [-0.15, -0.1) is 0 Å². The van der Waals surface area contributed by atoms with Crippen molar-refractivity contribution in [3.8, 4) is 23.0 Å². The zero-order chi connectivity index (χ0) is 22.1. The fourth-order valence-electron chi connectivity index (χ4n) is 2.61. The minimum Gasteiger partial charge on any atom is -0.495 e. The van der Waals surface area contributed by atoms with E-state index in [1.54, 1.807) is 36.4 Å². The number of esters is 1. The first kappa shape index (κ1) is 22.6. The first-order valence-electron chi connectivity index (χ1n) is 9.06. The van der Waals surface area contributed by atoms with Crippen LogP contribution < -0.4 is 24.3 Å². The van der Waals surface area contributed by atoms with Gasteiger partial charge in [0.1, 0.15) is 5.75 Å². The van der Waals surface area contributed by atoms with Crippen molar-refractivity contribution in [1.29, 1.82) is 0 Å². The minimum absolute atomic E-state index is 0.446. The summed E-state index contributed by atoms with van der Waals surface area (Å²) in [6.07, 6.45) is 1.73. The number of hydrogen-bond donors (Lipinski definition) is 1. The predicted octanol–water partition coefficient (Wildman–Crippen LogP) is 3.30. The Balaban J connectivity index is 2.04. The first-order valence-corrected chi connectivity index (χ1v) is 9.06. The zero-order valence-electron chi connectivity index (χ0n) is 17.6. The molecule has 1 atom stereocenters. The molecular formula is C22H25NO7. The lowest BCUT2D eigenvalue weighted by Gasteiger charge is -2.14. The van der Waals surface area contributed by atoms with Gasteiger partial charge in [-0.3, -0.25) is 4.79 Å². The smallest absolute Gasteiger partial charge is 0.331 e. The molecule has 0 aliphatic heterocycles. The van der Waals surface area contributed by atoms with Crippen molar-refractivity contribution < 1.29 is 33.3 Å². The van der Waals surface area contributed by atoms with Crippen LogP contribution in [0.4, 0.5) is 5.69 Å². The summed E-state index contributed by atoms with van der Waals surface area (Å²) in [4.78, 5) is 24.5. The molecule has 0 bridgehead atoms. The van der Waals surface area contributed by atoms with Crippen LogP contribution in [0.1, 0.15) is 12.5 Å². The molecule has 8 nitrogen and oxygen atoms in total. The van der Waals surface area contributed by atoms with Crippen LogP contribution in [-0.2, 0) is 14.3 Å².